The Morgan fingerprint density at radius 1 is 1.50 bits per heavy atom. The highest BCUT2D eigenvalue weighted by Crippen LogP contribution is 2.41. The number of aromatic amines is 1. The van der Waals surface area contributed by atoms with Crippen molar-refractivity contribution in [3.05, 3.63) is 30.4 Å². The number of aromatic nitrogens is 2. The summed E-state index contributed by atoms with van der Waals surface area (Å²) in [4.78, 5) is 24.7. The molecule has 6 nitrogen and oxygen atoms in total. The molecule has 1 unspecified atom stereocenters. The van der Waals surface area contributed by atoms with Gasteiger partial charge in [-0.1, -0.05) is 6.08 Å². The maximum Gasteiger partial charge on any atom is 0.410 e. The first-order valence-electron chi connectivity index (χ1n) is 8.72. The highest BCUT2D eigenvalue weighted by molar-refractivity contribution is 5.69. The fourth-order valence-corrected chi connectivity index (χ4v) is 3.82. The van der Waals surface area contributed by atoms with E-state index in [-0.39, 0.29) is 11.6 Å². The van der Waals surface area contributed by atoms with Gasteiger partial charge in [-0.3, -0.25) is 4.90 Å². The SMILES string of the molecule is C=CCCN1CCc2[nH]cnc2C12CCN(C(=O)OC(C)(C)C)C2. The van der Waals surface area contributed by atoms with Gasteiger partial charge in [-0.05, 0) is 33.6 Å². The molecule has 2 aliphatic rings. The van der Waals surface area contributed by atoms with E-state index in [0.29, 0.717) is 13.1 Å². The molecule has 0 saturated carbocycles. The Bertz CT molecular complexity index is 619. The van der Waals surface area contributed by atoms with E-state index in [1.54, 1.807) is 6.33 Å². The first-order chi connectivity index (χ1) is 11.4. The lowest BCUT2D eigenvalue weighted by Gasteiger charge is -2.43. The minimum atomic E-state index is -0.473. The van der Waals surface area contributed by atoms with Gasteiger partial charge in [0, 0.05) is 38.3 Å². The third kappa shape index (κ3) is 3.07. The average molecular weight is 332 g/mol. The lowest BCUT2D eigenvalue weighted by molar-refractivity contribution is 0.0217. The minimum Gasteiger partial charge on any atom is -0.444 e. The van der Waals surface area contributed by atoms with Crippen LogP contribution in [-0.2, 0) is 16.7 Å². The topological polar surface area (TPSA) is 61.5 Å². The Labute approximate surface area is 143 Å². The number of carbonyl (C=O) groups excluding carboxylic acids is 1. The molecule has 6 heteroatoms. The van der Waals surface area contributed by atoms with Crippen molar-refractivity contribution in [1.29, 1.82) is 0 Å². The second kappa shape index (κ2) is 6.24. The van der Waals surface area contributed by atoms with E-state index in [1.165, 1.54) is 5.69 Å². The number of rotatable bonds is 3. The molecule has 1 N–H and O–H groups in total. The van der Waals surface area contributed by atoms with Gasteiger partial charge in [-0.2, -0.15) is 0 Å². The van der Waals surface area contributed by atoms with E-state index in [0.717, 1.165) is 38.0 Å². The van der Waals surface area contributed by atoms with E-state index in [2.05, 4.69) is 21.4 Å². The van der Waals surface area contributed by atoms with Crippen LogP contribution in [-0.4, -0.2) is 57.6 Å². The Morgan fingerprint density at radius 2 is 2.29 bits per heavy atom. The monoisotopic (exact) mass is 332 g/mol. The quantitative estimate of drug-likeness (QED) is 0.865. The van der Waals surface area contributed by atoms with Crippen molar-refractivity contribution in [2.45, 2.75) is 51.2 Å². The zero-order valence-corrected chi connectivity index (χ0v) is 15.0. The molecule has 1 amide bonds. The largest absolute Gasteiger partial charge is 0.444 e. The van der Waals surface area contributed by atoms with Crippen LogP contribution < -0.4 is 0 Å². The van der Waals surface area contributed by atoms with Gasteiger partial charge in [-0.15, -0.1) is 6.58 Å². The first-order valence-corrected chi connectivity index (χ1v) is 8.72. The van der Waals surface area contributed by atoms with Crippen LogP contribution in [0.2, 0.25) is 0 Å². The van der Waals surface area contributed by atoms with Crippen molar-refractivity contribution in [2.24, 2.45) is 0 Å². The van der Waals surface area contributed by atoms with Crippen LogP contribution in [0.1, 0.15) is 45.0 Å². The number of fused-ring (bicyclic) bond motifs is 2. The van der Waals surface area contributed by atoms with Gasteiger partial charge < -0.3 is 14.6 Å². The molecule has 1 aromatic heterocycles. The fraction of sp³-hybridized carbons (Fsp3) is 0.667. The number of H-pyrrole nitrogens is 1. The molecule has 3 rings (SSSR count). The molecule has 1 spiro atoms. The van der Waals surface area contributed by atoms with Crippen molar-refractivity contribution in [1.82, 2.24) is 19.8 Å². The molecule has 24 heavy (non-hydrogen) atoms. The van der Waals surface area contributed by atoms with Gasteiger partial charge >= 0.3 is 6.09 Å². The lowest BCUT2D eigenvalue weighted by atomic mass is 9.86. The summed E-state index contributed by atoms with van der Waals surface area (Å²) in [5.74, 6) is 0. The van der Waals surface area contributed by atoms with E-state index >= 15 is 0 Å². The average Bonchev–Trinajstić information content (AvgIpc) is 3.13. The predicted molar refractivity (Wildman–Crippen MR) is 92.8 cm³/mol. The van der Waals surface area contributed by atoms with Gasteiger partial charge in [0.25, 0.3) is 0 Å². The zero-order chi connectivity index (χ0) is 17.4. The fourth-order valence-electron chi connectivity index (χ4n) is 3.82. The van der Waals surface area contributed by atoms with Crippen molar-refractivity contribution < 1.29 is 9.53 Å². The summed E-state index contributed by atoms with van der Waals surface area (Å²) in [6.45, 7) is 12.8. The van der Waals surface area contributed by atoms with Crippen molar-refractivity contribution in [3.8, 4) is 0 Å². The molecule has 1 saturated heterocycles. The second-order valence-corrected chi connectivity index (χ2v) is 7.73. The van der Waals surface area contributed by atoms with Crippen molar-refractivity contribution >= 4 is 6.09 Å². The molecule has 3 heterocycles. The molecule has 1 atom stereocenters. The van der Waals surface area contributed by atoms with Crippen LogP contribution >= 0.6 is 0 Å². The summed E-state index contributed by atoms with van der Waals surface area (Å²) >= 11 is 0. The molecule has 2 aliphatic heterocycles. The molecule has 1 fully saturated rings. The van der Waals surface area contributed by atoms with Crippen LogP contribution in [0.15, 0.2) is 19.0 Å². The maximum absolute atomic E-state index is 12.5. The summed E-state index contributed by atoms with van der Waals surface area (Å²) in [5.41, 5.74) is 1.63. The second-order valence-electron chi connectivity index (χ2n) is 7.73. The molecule has 0 radical (unpaired) electrons. The lowest BCUT2D eigenvalue weighted by Crippen LogP contribution is -2.53. The van der Waals surface area contributed by atoms with E-state index in [9.17, 15) is 4.79 Å². The molecule has 132 valence electrons. The smallest absolute Gasteiger partial charge is 0.410 e. The Morgan fingerprint density at radius 3 is 3.00 bits per heavy atom. The van der Waals surface area contributed by atoms with E-state index in [1.807, 2.05) is 31.7 Å². The third-order valence-electron chi connectivity index (χ3n) is 4.90. The highest BCUT2D eigenvalue weighted by atomic mass is 16.6. The van der Waals surface area contributed by atoms with Crippen LogP contribution in [0.4, 0.5) is 4.79 Å². The summed E-state index contributed by atoms with van der Waals surface area (Å²) in [6, 6.07) is 0. The summed E-state index contributed by atoms with van der Waals surface area (Å²) in [5, 5.41) is 0. The molecular formula is C18H28N4O2. The number of nitrogens with zero attached hydrogens (tertiary/aromatic N) is 3. The third-order valence-corrected chi connectivity index (χ3v) is 4.90. The normalized spacial score (nSPS) is 24.2. The Balaban J connectivity index is 1.84. The molecule has 0 aliphatic carbocycles. The van der Waals surface area contributed by atoms with Crippen molar-refractivity contribution in [2.75, 3.05) is 26.2 Å². The summed E-state index contributed by atoms with van der Waals surface area (Å²) in [6.07, 6.45) is 6.30. The molecule has 1 aromatic rings. The van der Waals surface area contributed by atoms with Crippen LogP contribution in [0, 0.1) is 0 Å². The molecule has 0 aromatic carbocycles. The standard InChI is InChI=1S/C18H28N4O2/c1-5-6-9-22-10-7-14-15(20-13-19-14)18(22)8-11-21(12-18)16(23)24-17(2,3)4/h5,13H,1,6-12H2,2-4H3,(H,19,20). The van der Waals surface area contributed by atoms with Crippen LogP contribution in [0.5, 0.6) is 0 Å². The zero-order valence-electron chi connectivity index (χ0n) is 15.0. The van der Waals surface area contributed by atoms with Crippen LogP contribution in [0.3, 0.4) is 0 Å². The number of imidazole rings is 1. The Hall–Kier alpha value is -1.82. The summed E-state index contributed by atoms with van der Waals surface area (Å²) < 4.78 is 5.57. The van der Waals surface area contributed by atoms with Gasteiger partial charge in [0.05, 0.1) is 17.6 Å². The van der Waals surface area contributed by atoms with Gasteiger partial charge in [0.2, 0.25) is 0 Å². The first kappa shape index (κ1) is 17.0. The number of nitrogens with one attached hydrogen (secondary N) is 1. The van der Waals surface area contributed by atoms with Gasteiger partial charge in [-0.25, -0.2) is 9.78 Å². The number of ether oxygens (including phenoxy) is 1. The van der Waals surface area contributed by atoms with Crippen molar-refractivity contribution in [3.63, 3.8) is 0 Å². The number of hydrogen-bond donors (Lipinski definition) is 1. The summed E-state index contributed by atoms with van der Waals surface area (Å²) in [7, 11) is 0. The van der Waals surface area contributed by atoms with Gasteiger partial charge in [0.15, 0.2) is 0 Å². The van der Waals surface area contributed by atoms with E-state index < -0.39 is 5.60 Å². The Kier molecular flexibility index (Phi) is 4.42. The highest BCUT2D eigenvalue weighted by Gasteiger charge is 2.50. The van der Waals surface area contributed by atoms with Crippen LogP contribution in [0.25, 0.3) is 0 Å². The molecule has 0 bridgehead atoms. The molecular weight excluding hydrogens is 304 g/mol. The maximum atomic E-state index is 12.5. The number of likely N-dealkylation sites (tertiary alicyclic amines) is 1. The number of amides is 1. The predicted octanol–water partition coefficient (Wildman–Crippen LogP) is 2.68. The van der Waals surface area contributed by atoms with E-state index in [4.69, 9.17) is 4.74 Å². The van der Waals surface area contributed by atoms with Gasteiger partial charge in [0.1, 0.15) is 5.60 Å². The number of carbonyl (C=O) groups is 1. The minimum absolute atomic E-state index is 0.201. The number of hydrogen-bond acceptors (Lipinski definition) is 4.